The molecule has 0 amide bonds. The molecule has 3 aromatic rings. The monoisotopic (exact) mass is 333 g/mol. The fourth-order valence-corrected chi connectivity index (χ4v) is 2.62. The topological polar surface area (TPSA) is 60.0 Å². The number of hydrogen-bond acceptors (Lipinski definition) is 4. The number of nitrogens with one attached hydrogen (secondary N) is 1. The minimum atomic E-state index is 0.670. The molecule has 2 heterocycles. The molecular weight excluding hydrogens is 322 g/mol. The Labute approximate surface area is 124 Å². The van der Waals surface area contributed by atoms with Crippen LogP contribution < -0.4 is 9.47 Å². The van der Waals surface area contributed by atoms with Crippen molar-refractivity contribution in [2.24, 2.45) is 0 Å². The number of H-pyrrole nitrogens is 1. The van der Waals surface area contributed by atoms with Crippen molar-refractivity contribution in [1.82, 2.24) is 15.0 Å². The Hall–Kier alpha value is -2.08. The van der Waals surface area contributed by atoms with Gasteiger partial charge in [0.25, 0.3) is 0 Å². The molecule has 102 valence electrons. The zero-order valence-electron chi connectivity index (χ0n) is 11.0. The van der Waals surface area contributed by atoms with Gasteiger partial charge < -0.3 is 14.5 Å². The first-order valence-electron chi connectivity index (χ1n) is 5.94. The number of nitrogens with zero attached hydrogens (tertiary/aromatic N) is 2. The smallest absolute Gasteiger partial charge is 0.161 e. The second-order valence-corrected chi connectivity index (χ2v) is 5.01. The Morgan fingerprint density at radius 2 is 1.90 bits per heavy atom. The van der Waals surface area contributed by atoms with Crippen molar-refractivity contribution in [2.45, 2.75) is 0 Å². The predicted molar refractivity (Wildman–Crippen MR) is 80.1 cm³/mol. The van der Waals surface area contributed by atoms with Gasteiger partial charge in [-0.2, -0.15) is 0 Å². The third-order valence-corrected chi connectivity index (χ3v) is 3.70. The second-order valence-electron chi connectivity index (χ2n) is 4.15. The number of methoxy groups -OCH3 is 2. The minimum absolute atomic E-state index is 0.670. The summed E-state index contributed by atoms with van der Waals surface area (Å²) in [5.41, 5.74) is 2.57. The molecule has 0 aliphatic carbocycles. The van der Waals surface area contributed by atoms with Gasteiger partial charge >= 0.3 is 0 Å². The Kier molecular flexibility index (Phi) is 3.31. The lowest BCUT2D eigenvalue weighted by Crippen LogP contribution is -1.92. The van der Waals surface area contributed by atoms with Crippen LogP contribution in [0, 0.1) is 0 Å². The molecule has 5 nitrogen and oxygen atoms in total. The minimum Gasteiger partial charge on any atom is -0.493 e. The standard InChI is InChI=1S/C14H12BrN3O2/c1-19-10-4-3-8(5-11(10)20-2)13-12-9(15)6-16-14(12)18-7-17-13/h3-7H,1-2H3,(H,16,17,18). The van der Waals surface area contributed by atoms with Crippen molar-refractivity contribution in [3.8, 4) is 22.8 Å². The Morgan fingerprint density at radius 1 is 1.10 bits per heavy atom. The van der Waals surface area contributed by atoms with Gasteiger partial charge in [0.1, 0.15) is 12.0 Å². The van der Waals surface area contributed by atoms with Crippen molar-refractivity contribution in [3.05, 3.63) is 35.2 Å². The number of halogens is 1. The molecule has 20 heavy (non-hydrogen) atoms. The van der Waals surface area contributed by atoms with Crippen LogP contribution in [-0.4, -0.2) is 29.2 Å². The first-order valence-corrected chi connectivity index (χ1v) is 6.74. The van der Waals surface area contributed by atoms with E-state index in [1.807, 2.05) is 24.4 Å². The van der Waals surface area contributed by atoms with Crippen molar-refractivity contribution in [1.29, 1.82) is 0 Å². The molecule has 0 saturated heterocycles. The van der Waals surface area contributed by atoms with Gasteiger partial charge in [0.15, 0.2) is 11.5 Å². The first-order chi connectivity index (χ1) is 9.74. The van der Waals surface area contributed by atoms with Gasteiger partial charge in [-0.05, 0) is 34.1 Å². The van der Waals surface area contributed by atoms with E-state index in [0.29, 0.717) is 11.5 Å². The Morgan fingerprint density at radius 3 is 2.65 bits per heavy atom. The highest BCUT2D eigenvalue weighted by atomic mass is 79.9. The van der Waals surface area contributed by atoms with E-state index in [2.05, 4.69) is 30.9 Å². The number of ether oxygens (including phenoxy) is 2. The summed E-state index contributed by atoms with van der Waals surface area (Å²) < 4.78 is 11.5. The molecule has 0 radical (unpaired) electrons. The SMILES string of the molecule is COc1ccc(-c2ncnc3[nH]cc(Br)c23)cc1OC. The highest BCUT2D eigenvalue weighted by molar-refractivity contribution is 9.10. The van der Waals surface area contributed by atoms with Gasteiger partial charge in [0.05, 0.1) is 25.3 Å². The summed E-state index contributed by atoms with van der Waals surface area (Å²) in [5.74, 6) is 1.36. The molecule has 0 aliphatic rings. The highest BCUT2D eigenvalue weighted by Crippen LogP contribution is 2.35. The summed E-state index contributed by atoms with van der Waals surface area (Å²) in [4.78, 5) is 11.7. The molecule has 0 spiro atoms. The molecule has 3 rings (SSSR count). The molecule has 1 N–H and O–H groups in total. The van der Waals surface area contributed by atoms with Gasteiger partial charge in [-0.3, -0.25) is 0 Å². The van der Waals surface area contributed by atoms with Crippen LogP contribution in [0.1, 0.15) is 0 Å². The molecule has 0 atom stereocenters. The van der Waals surface area contributed by atoms with E-state index in [-0.39, 0.29) is 0 Å². The summed E-state index contributed by atoms with van der Waals surface area (Å²) in [7, 11) is 3.23. The fraction of sp³-hybridized carbons (Fsp3) is 0.143. The zero-order chi connectivity index (χ0) is 14.1. The fourth-order valence-electron chi connectivity index (χ4n) is 2.13. The number of hydrogen-bond donors (Lipinski definition) is 1. The third kappa shape index (κ3) is 2.02. The molecular formula is C14H12BrN3O2. The largest absolute Gasteiger partial charge is 0.493 e. The molecule has 0 bridgehead atoms. The van der Waals surface area contributed by atoms with Crippen LogP contribution in [0.5, 0.6) is 11.5 Å². The average Bonchev–Trinajstić information content (AvgIpc) is 2.88. The van der Waals surface area contributed by atoms with E-state index in [1.165, 1.54) is 6.33 Å². The van der Waals surface area contributed by atoms with E-state index < -0.39 is 0 Å². The summed E-state index contributed by atoms with van der Waals surface area (Å²) in [6, 6.07) is 5.71. The maximum absolute atomic E-state index is 5.33. The number of aromatic amines is 1. The van der Waals surface area contributed by atoms with E-state index in [0.717, 1.165) is 26.8 Å². The van der Waals surface area contributed by atoms with Crippen molar-refractivity contribution < 1.29 is 9.47 Å². The quantitative estimate of drug-likeness (QED) is 0.797. The summed E-state index contributed by atoms with van der Waals surface area (Å²) in [6.07, 6.45) is 3.39. The molecule has 0 saturated carbocycles. The van der Waals surface area contributed by atoms with Crippen molar-refractivity contribution in [3.63, 3.8) is 0 Å². The number of aromatic nitrogens is 3. The molecule has 0 aliphatic heterocycles. The molecule has 6 heteroatoms. The van der Waals surface area contributed by atoms with Crippen LogP contribution in [0.3, 0.4) is 0 Å². The van der Waals surface area contributed by atoms with Crippen LogP contribution in [0.15, 0.2) is 35.2 Å². The Bertz CT molecular complexity index is 770. The summed E-state index contributed by atoms with van der Waals surface area (Å²) in [5, 5.41) is 0.944. The van der Waals surface area contributed by atoms with Crippen molar-refractivity contribution in [2.75, 3.05) is 14.2 Å². The van der Waals surface area contributed by atoms with E-state index >= 15 is 0 Å². The summed E-state index contributed by atoms with van der Waals surface area (Å²) in [6.45, 7) is 0. The predicted octanol–water partition coefficient (Wildman–Crippen LogP) is 3.40. The van der Waals surface area contributed by atoms with Crippen LogP contribution in [0.2, 0.25) is 0 Å². The van der Waals surface area contributed by atoms with Crippen LogP contribution in [-0.2, 0) is 0 Å². The van der Waals surface area contributed by atoms with Crippen LogP contribution in [0.25, 0.3) is 22.3 Å². The lowest BCUT2D eigenvalue weighted by molar-refractivity contribution is 0.355. The van der Waals surface area contributed by atoms with Crippen LogP contribution in [0.4, 0.5) is 0 Å². The van der Waals surface area contributed by atoms with E-state index in [4.69, 9.17) is 9.47 Å². The number of benzene rings is 1. The van der Waals surface area contributed by atoms with Gasteiger partial charge in [-0.15, -0.1) is 0 Å². The summed E-state index contributed by atoms with van der Waals surface area (Å²) >= 11 is 3.51. The van der Waals surface area contributed by atoms with Gasteiger partial charge in [-0.1, -0.05) is 0 Å². The lowest BCUT2D eigenvalue weighted by Gasteiger charge is -2.09. The number of rotatable bonds is 3. The first kappa shape index (κ1) is 12.9. The van der Waals surface area contributed by atoms with Gasteiger partial charge in [0, 0.05) is 16.2 Å². The maximum atomic E-state index is 5.33. The second kappa shape index (κ2) is 5.13. The van der Waals surface area contributed by atoms with Gasteiger partial charge in [-0.25, -0.2) is 9.97 Å². The molecule has 2 aromatic heterocycles. The molecule has 0 fully saturated rings. The van der Waals surface area contributed by atoms with Gasteiger partial charge in [0.2, 0.25) is 0 Å². The normalized spacial score (nSPS) is 10.8. The third-order valence-electron chi connectivity index (χ3n) is 3.08. The average molecular weight is 334 g/mol. The van der Waals surface area contributed by atoms with E-state index in [1.54, 1.807) is 14.2 Å². The Balaban J connectivity index is 2.23. The zero-order valence-corrected chi connectivity index (χ0v) is 12.6. The number of fused-ring (bicyclic) bond motifs is 1. The lowest BCUT2D eigenvalue weighted by atomic mass is 10.1. The van der Waals surface area contributed by atoms with Crippen molar-refractivity contribution >= 4 is 27.0 Å². The van der Waals surface area contributed by atoms with E-state index in [9.17, 15) is 0 Å². The molecule has 1 aromatic carbocycles. The maximum Gasteiger partial charge on any atom is 0.161 e. The molecule has 0 unspecified atom stereocenters. The van der Waals surface area contributed by atoms with Crippen LogP contribution >= 0.6 is 15.9 Å². The highest BCUT2D eigenvalue weighted by Gasteiger charge is 2.13.